The van der Waals surface area contributed by atoms with Gasteiger partial charge in [0.25, 0.3) is 0 Å². The Morgan fingerprint density at radius 2 is 0.848 bits per heavy atom. The zero-order chi connectivity index (χ0) is 48.4. The zero-order valence-corrected chi connectivity index (χ0v) is 43.9. The van der Waals surface area contributed by atoms with Gasteiger partial charge >= 0.3 is 11.9 Å². The van der Waals surface area contributed by atoms with Gasteiger partial charge in [-0.25, -0.2) is 0 Å². The molecule has 0 aromatic carbocycles. The smallest absolute Gasteiger partial charge is 0.306 e. The summed E-state index contributed by atoms with van der Waals surface area (Å²) in [5, 5.41) is 11.7. The fourth-order valence-corrected chi connectivity index (χ4v) is 8.20. The lowest BCUT2D eigenvalue weighted by Gasteiger charge is -2.34. The topological polar surface area (TPSA) is 102 Å². The van der Waals surface area contributed by atoms with Gasteiger partial charge in [0.2, 0.25) is 0 Å². The molecule has 66 heavy (non-hydrogen) atoms. The minimum atomic E-state index is -1.12. The number of carboxylic acids is 1. The molecule has 0 amide bonds. The van der Waals surface area contributed by atoms with Gasteiger partial charge < -0.3 is 28.6 Å². The molecule has 0 aliphatic heterocycles. The van der Waals surface area contributed by atoms with Crippen molar-refractivity contribution < 1.29 is 38.2 Å². The normalized spacial score (nSPS) is 13.2. The summed E-state index contributed by atoms with van der Waals surface area (Å²) >= 11 is 0. The van der Waals surface area contributed by atoms with Crippen molar-refractivity contribution in [2.75, 3.05) is 41.0 Å². The number of rotatable bonds is 50. The molecule has 0 aromatic rings. The Morgan fingerprint density at radius 3 is 1.27 bits per heavy atom. The van der Waals surface area contributed by atoms with Gasteiger partial charge in [0.05, 0.1) is 40.3 Å². The van der Waals surface area contributed by atoms with Gasteiger partial charge in [-0.1, -0.05) is 210 Å². The predicted octanol–water partition coefficient (Wildman–Crippen LogP) is 15.0. The van der Waals surface area contributed by atoms with E-state index >= 15 is 0 Å². The van der Waals surface area contributed by atoms with Crippen molar-refractivity contribution in [2.45, 2.75) is 264 Å². The second-order valence-corrected chi connectivity index (χ2v) is 19.8. The Kier molecular flexibility index (Phi) is 46.7. The van der Waals surface area contributed by atoms with Crippen molar-refractivity contribution in [1.29, 1.82) is 0 Å². The maximum atomic E-state index is 12.8. The van der Waals surface area contributed by atoms with E-state index in [1.54, 1.807) is 0 Å². The summed E-state index contributed by atoms with van der Waals surface area (Å²) in [6.45, 7) is 4.58. The highest BCUT2D eigenvalue weighted by molar-refractivity contribution is 5.70. The molecular formula is C58H105NO7. The van der Waals surface area contributed by atoms with Crippen LogP contribution >= 0.6 is 0 Å². The lowest BCUT2D eigenvalue weighted by Crippen LogP contribution is -2.55. The number of likely N-dealkylation sites (N-methyl/N-ethyl adjacent to an activating group) is 1. The van der Waals surface area contributed by atoms with Crippen LogP contribution in [0.4, 0.5) is 0 Å². The minimum Gasteiger partial charge on any atom is -0.544 e. The first-order chi connectivity index (χ1) is 32.1. The van der Waals surface area contributed by atoms with Crippen LogP contribution in [0.3, 0.4) is 0 Å². The van der Waals surface area contributed by atoms with Crippen LogP contribution in [0.1, 0.15) is 251 Å². The first-order valence-corrected chi connectivity index (χ1v) is 27.7. The minimum absolute atomic E-state index is 0.0402. The van der Waals surface area contributed by atoms with Crippen LogP contribution in [0.25, 0.3) is 0 Å². The number of carboxylic acid groups (broad SMARTS) is 1. The van der Waals surface area contributed by atoms with Crippen LogP contribution in [-0.2, 0) is 28.6 Å². The molecule has 0 rings (SSSR count). The molecule has 0 radical (unpaired) electrons. The van der Waals surface area contributed by atoms with Crippen molar-refractivity contribution in [3.63, 3.8) is 0 Å². The van der Waals surface area contributed by atoms with Crippen molar-refractivity contribution in [3.05, 3.63) is 48.6 Å². The van der Waals surface area contributed by atoms with E-state index in [9.17, 15) is 19.5 Å². The number of hydrogen-bond donors (Lipinski definition) is 0. The molecule has 8 nitrogen and oxygen atoms in total. The monoisotopic (exact) mass is 928 g/mol. The summed E-state index contributed by atoms with van der Waals surface area (Å²) in [5.74, 6) is -1.73. The highest BCUT2D eigenvalue weighted by Crippen LogP contribution is 2.16. The molecular weight excluding hydrogens is 823 g/mol. The number of esters is 2. The van der Waals surface area contributed by atoms with Crippen molar-refractivity contribution in [2.24, 2.45) is 0 Å². The van der Waals surface area contributed by atoms with Gasteiger partial charge in [0.15, 0.2) is 6.10 Å². The standard InChI is InChI=1S/C58H105NO7/c1-6-8-10-12-14-16-18-20-22-24-26-27-28-29-31-32-34-36-38-40-42-44-46-48-56(60)65-53-54(52-64-51-50-55(58(62)63)59(3,4)5)66-57(61)49-47-45-43-41-39-37-35-33-30-25-23-21-19-17-15-13-11-9-7-2/h8,10,14,16,20,22,25,30,54-55H,6-7,9,11-13,15,17-19,21,23-24,26-29,31-53H2,1-5H3/b10-8+,16-14+,22-20+,30-25+. The highest BCUT2D eigenvalue weighted by atomic mass is 16.6. The zero-order valence-electron chi connectivity index (χ0n) is 43.9. The van der Waals surface area contributed by atoms with E-state index in [-0.39, 0.29) is 42.7 Å². The third-order valence-corrected chi connectivity index (χ3v) is 12.4. The Labute approximate surface area is 407 Å². The van der Waals surface area contributed by atoms with Crippen LogP contribution in [0.2, 0.25) is 0 Å². The van der Waals surface area contributed by atoms with E-state index in [4.69, 9.17) is 14.2 Å². The first-order valence-electron chi connectivity index (χ1n) is 27.7. The van der Waals surface area contributed by atoms with E-state index in [0.29, 0.717) is 12.8 Å². The number of ether oxygens (including phenoxy) is 3. The fraction of sp³-hybridized carbons (Fsp3) is 0.810. The van der Waals surface area contributed by atoms with Gasteiger partial charge in [0, 0.05) is 19.3 Å². The molecule has 0 saturated heterocycles. The SMILES string of the molecule is CC/C=C/C/C=C/C/C=C/CCCCCCCCCCCCCCCC(=O)OCC(COCCC(C(=O)[O-])[N+](C)(C)C)OC(=O)CCCCCCCCC/C=C/CCCCCCCCCC. The Hall–Kier alpha value is -2.71. The third-order valence-electron chi connectivity index (χ3n) is 12.4. The molecule has 2 unspecified atom stereocenters. The number of carbonyl (C=O) groups is 3. The Bertz CT molecular complexity index is 1220. The number of nitrogens with zero attached hydrogens (tertiary/aromatic N) is 1. The van der Waals surface area contributed by atoms with E-state index in [0.717, 1.165) is 57.8 Å². The maximum Gasteiger partial charge on any atom is 0.306 e. The molecule has 0 aliphatic carbocycles. The number of quaternary nitrogens is 1. The largest absolute Gasteiger partial charge is 0.544 e. The molecule has 0 bridgehead atoms. The van der Waals surface area contributed by atoms with E-state index in [1.807, 2.05) is 21.1 Å². The Balaban J connectivity index is 4.17. The number of unbranched alkanes of at least 4 members (excludes halogenated alkanes) is 28. The van der Waals surface area contributed by atoms with E-state index in [2.05, 4.69) is 62.5 Å². The van der Waals surface area contributed by atoms with Crippen molar-refractivity contribution >= 4 is 17.9 Å². The lowest BCUT2D eigenvalue weighted by atomic mass is 10.0. The van der Waals surface area contributed by atoms with E-state index in [1.165, 1.54) is 161 Å². The van der Waals surface area contributed by atoms with Crippen molar-refractivity contribution in [3.8, 4) is 0 Å². The van der Waals surface area contributed by atoms with Gasteiger partial charge in [-0.15, -0.1) is 0 Å². The number of hydrogen-bond acceptors (Lipinski definition) is 7. The summed E-state index contributed by atoms with van der Waals surface area (Å²) in [6, 6.07) is -0.727. The molecule has 0 saturated carbocycles. The van der Waals surface area contributed by atoms with Crippen LogP contribution in [0, 0.1) is 0 Å². The van der Waals surface area contributed by atoms with Crippen LogP contribution in [0.15, 0.2) is 48.6 Å². The summed E-state index contributed by atoms with van der Waals surface area (Å²) < 4.78 is 17.3. The summed E-state index contributed by atoms with van der Waals surface area (Å²) in [4.78, 5) is 37.1. The molecule has 0 aliphatic rings. The molecule has 384 valence electrons. The number of allylic oxidation sites excluding steroid dienone is 8. The third kappa shape index (κ3) is 46.4. The summed E-state index contributed by atoms with van der Waals surface area (Å²) in [7, 11) is 5.42. The lowest BCUT2D eigenvalue weighted by molar-refractivity contribution is -0.889. The average Bonchev–Trinajstić information content (AvgIpc) is 3.28. The van der Waals surface area contributed by atoms with Crippen molar-refractivity contribution in [1.82, 2.24) is 0 Å². The molecule has 0 heterocycles. The first kappa shape index (κ1) is 63.3. The molecule has 0 fully saturated rings. The number of aliphatic carboxylic acids is 1. The summed E-state index contributed by atoms with van der Waals surface area (Å²) in [5.41, 5.74) is 0. The van der Waals surface area contributed by atoms with Gasteiger partial charge in [-0.05, 0) is 70.6 Å². The number of carbonyl (C=O) groups excluding carboxylic acids is 3. The molecule has 0 aromatic heterocycles. The van der Waals surface area contributed by atoms with Gasteiger partial charge in [-0.3, -0.25) is 9.59 Å². The maximum absolute atomic E-state index is 12.8. The Morgan fingerprint density at radius 1 is 0.470 bits per heavy atom. The van der Waals surface area contributed by atoms with Crippen LogP contribution in [-0.4, -0.2) is 75.5 Å². The second kappa shape index (κ2) is 48.7. The molecule has 0 spiro atoms. The quantitative estimate of drug-likeness (QED) is 0.0259. The second-order valence-electron chi connectivity index (χ2n) is 19.8. The van der Waals surface area contributed by atoms with Gasteiger partial charge in [0.1, 0.15) is 12.6 Å². The van der Waals surface area contributed by atoms with Crippen LogP contribution in [0.5, 0.6) is 0 Å². The molecule has 0 N–H and O–H groups in total. The predicted molar refractivity (Wildman–Crippen MR) is 277 cm³/mol. The van der Waals surface area contributed by atoms with Crippen LogP contribution < -0.4 is 5.11 Å². The van der Waals surface area contributed by atoms with E-state index < -0.39 is 18.1 Å². The van der Waals surface area contributed by atoms with Gasteiger partial charge in [-0.2, -0.15) is 0 Å². The molecule has 8 heteroatoms. The average molecular weight is 928 g/mol. The molecule has 2 atom stereocenters. The summed E-state index contributed by atoms with van der Waals surface area (Å²) in [6.07, 6.45) is 60.0. The highest BCUT2D eigenvalue weighted by Gasteiger charge is 2.25. The fourth-order valence-electron chi connectivity index (χ4n) is 8.20.